The normalized spacial score (nSPS) is 24.0. The van der Waals surface area contributed by atoms with Gasteiger partial charge in [-0.1, -0.05) is 56.8 Å². The van der Waals surface area contributed by atoms with Crippen molar-refractivity contribution in [1.82, 2.24) is 5.32 Å². The lowest BCUT2D eigenvalue weighted by Crippen LogP contribution is -2.32. The highest BCUT2D eigenvalue weighted by Crippen LogP contribution is 2.39. The first-order chi connectivity index (χ1) is 10.2. The zero-order valence-corrected chi connectivity index (χ0v) is 13.9. The van der Waals surface area contributed by atoms with Crippen LogP contribution in [0.5, 0.6) is 0 Å². The molecule has 1 N–H and O–H groups in total. The molecule has 3 atom stereocenters. The van der Waals surface area contributed by atoms with Crippen LogP contribution in [-0.4, -0.2) is 6.54 Å². The van der Waals surface area contributed by atoms with Crippen LogP contribution in [0.15, 0.2) is 18.2 Å². The van der Waals surface area contributed by atoms with Gasteiger partial charge in [0.05, 0.1) is 5.02 Å². The van der Waals surface area contributed by atoms with E-state index in [0.717, 1.165) is 24.4 Å². The van der Waals surface area contributed by atoms with Crippen molar-refractivity contribution in [3.05, 3.63) is 34.6 Å². The van der Waals surface area contributed by atoms with Crippen molar-refractivity contribution in [2.45, 2.75) is 58.4 Å². The smallest absolute Gasteiger partial charge is 0.146 e. The van der Waals surface area contributed by atoms with Crippen LogP contribution in [0.25, 0.3) is 0 Å². The van der Waals surface area contributed by atoms with Crippen molar-refractivity contribution in [1.29, 1.82) is 0 Å². The number of hydrogen-bond acceptors (Lipinski definition) is 1. The molecule has 2 rings (SSSR count). The minimum absolute atomic E-state index is 0.0954. The molecule has 118 valence electrons. The zero-order chi connectivity index (χ0) is 15.2. The number of nitrogens with one attached hydrogen (secondary N) is 1. The Labute approximate surface area is 133 Å². The van der Waals surface area contributed by atoms with Gasteiger partial charge in [0.25, 0.3) is 0 Å². The van der Waals surface area contributed by atoms with Crippen LogP contribution in [-0.2, 0) is 0 Å². The fraction of sp³-hybridized carbons (Fsp3) is 0.667. The summed E-state index contributed by atoms with van der Waals surface area (Å²) in [6.07, 6.45) is 7.26. The topological polar surface area (TPSA) is 12.0 Å². The third-order valence-electron chi connectivity index (χ3n) is 4.80. The van der Waals surface area contributed by atoms with Gasteiger partial charge in [0.1, 0.15) is 5.82 Å². The van der Waals surface area contributed by atoms with Gasteiger partial charge < -0.3 is 5.32 Å². The van der Waals surface area contributed by atoms with Crippen LogP contribution in [0.2, 0.25) is 5.02 Å². The summed E-state index contributed by atoms with van der Waals surface area (Å²) < 4.78 is 14.4. The molecule has 1 aliphatic carbocycles. The van der Waals surface area contributed by atoms with E-state index in [2.05, 4.69) is 19.2 Å². The molecule has 0 heterocycles. The van der Waals surface area contributed by atoms with E-state index in [4.69, 9.17) is 11.6 Å². The maximum absolute atomic E-state index is 14.4. The van der Waals surface area contributed by atoms with Crippen molar-refractivity contribution in [3.63, 3.8) is 0 Å². The van der Waals surface area contributed by atoms with E-state index in [1.54, 1.807) is 6.07 Å². The minimum Gasteiger partial charge on any atom is -0.310 e. The van der Waals surface area contributed by atoms with Crippen molar-refractivity contribution >= 4 is 11.6 Å². The summed E-state index contributed by atoms with van der Waals surface area (Å²) >= 11 is 5.98. The van der Waals surface area contributed by atoms with E-state index >= 15 is 0 Å². The molecule has 0 bridgehead atoms. The maximum atomic E-state index is 14.4. The molecule has 21 heavy (non-hydrogen) atoms. The summed E-state index contributed by atoms with van der Waals surface area (Å²) in [7, 11) is 0. The first-order valence-corrected chi connectivity index (χ1v) is 8.72. The summed E-state index contributed by atoms with van der Waals surface area (Å²) in [4.78, 5) is 0. The van der Waals surface area contributed by atoms with Gasteiger partial charge in [0, 0.05) is 11.6 Å². The molecule has 1 nitrogen and oxygen atoms in total. The van der Waals surface area contributed by atoms with Gasteiger partial charge >= 0.3 is 0 Å². The Hall–Kier alpha value is -0.600. The molecule has 0 saturated heterocycles. The van der Waals surface area contributed by atoms with E-state index in [0.29, 0.717) is 5.92 Å². The van der Waals surface area contributed by atoms with E-state index in [1.165, 1.54) is 32.1 Å². The Balaban J connectivity index is 2.23. The zero-order valence-electron chi connectivity index (χ0n) is 13.2. The fourth-order valence-corrected chi connectivity index (χ4v) is 3.78. The maximum Gasteiger partial charge on any atom is 0.146 e. The van der Waals surface area contributed by atoms with Crippen LogP contribution in [0.4, 0.5) is 4.39 Å². The molecule has 3 unspecified atom stereocenters. The lowest BCUT2D eigenvalue weighted by molar-refractivity contribution is 0.207. The van der Waals surface area contributed by atoms with Crippen molar-refractivity contribution in [2.24, 2.45) is 11.8 Å². The summed E-state index contributed by atoms with van der Waals surface area (Å²) in [5.41, 5.74) is 0.748. The van der Waals surface area contributed by atoms with Gasteiger partial charge in [0.15, 0.2) is 0 Å². The molecular weight excluding hydrogens is 285 g/mol. The number of hydrogen-bond donors (Lipinski definition) is 1. The van der Waals surface area contributed by atoms with Crippen LogP contribution >= 0.6 is 11.6 Å². The average Bonchev–Trinajstić information content (AvgIpc) is 2.52. The van der Waals surface area contributed by atoms with Crippen LogP contribution in [0.1, 0.15) is 64.0 Å². The Bertz CT molecular complexity index is 449. The van der Waals surface area contributed by atoms with Gasteiger partial charge in [-0.15, -0.1) is 0 Å². The first kappa shape index (κ1) is 16.8. The third kappa shape index (κ3) is 4.20. The summed E-state index contributed by atoms with van der Waals surface area (Å²) in [6.45, 7) is 5.33. The van der Waals surface area contributed by atoms with Crippen molar-refractivity contribution in [2.75, 3.05) is 6.54 Å². The highest BCUT2D eigenvalue weighted by Gasteiger charge is 2.30. The van der Waals surface area contributed by atoms with Gasteiger partial charge in [-0.25, -0.2) is 4.39 Å². The molecule has 3 heteroatoms. The quantitative estimate of drug-likeness (QED) is 0.706. The molecule has 0 spiro atoms. The van der Waals surface area contributed by atoms with Crippen LogP contribution in [0.3, 0.4) is 0 Å². The molecule has 1 aromatic carbocycles. The molecule has 1 aliphatic rings. The molecule has 0 aromatic heterocycles. The molecular formula is C18H27ClFN. The molecule has 0 radical (unpaired) electrons. The SMILES string of the molecule is CCCNC(c1cccc(Cl)c1F)C1CCCC(CC)C1. The van der Waals surface area contributed by atoms with Gasteiger partial charge in [0.2, 0.25) is 0 Å². The van der Waals surface area contributed by atoms with Gasteiger partial charge in [-0.3, -0.25) is 0 Å². The second-order valence-electron chi connectivity index (χ2n) is 6.28. The fourth-order valence-electron chi connectivity index (χ4n) is 3.60. The second kappa shape index (κ2) is 8.14. The van der Waals surface area contributed by atoms with Crippen LogP contribution in [0, 0.1) is 17.7 Å². The molecule has 1 fully saturated rings. The van der Waals surface area contributed by atoms with E-state index in [-0.39, 0.29) is 16.9 Å². The molecule has 0 amide bonds. The first-order valence-electron chi connectivity index (χ1n) is 8.34. The Morgan fingerprint density at radius 2 is 2.14 bits per heavy atom. The lowest BCUT2D eigenvalue weighted by Gasteiger charge is -2.35. The Morgan fingerprint density at radius 1 is 1.33 bits per heavy atom. The highest BCUT2D eigenvalue weighted by molar-refractivity contribution is 6.30. The van der Waals surface area contributed by atoms with Crippen molar-refractivity contribution in [3.8, 4) is 0 Å². The predicted octanol–water partition coefficient (Wildman–Crippen LogP) is 5.74. The monoisotopic (exact) mass is 311 g/mol. The summed E-state index contributed by atoms with van der Waals surface area (Å²) in [5.74, 6) is 1.06. The lowest BCUT2D eigenvalue weighted by atomic mass is 9.75. The number of halogens is 2. The van der Waals surface area contributed by atoms with Gasteiger partial charge in [-0.2, -0.15) is 0 Å². The minimum atomic E-state index is -0.244. The van der Waals surface area contributed by atoms with E-state index < -0.39 is 0 Å². The molecule has 0 aliphatic heterocycles. The Morgan fingerprint density at radius 3 is 2.86 bits per heavy atom. The summed E-state index contributed by atoms with van der Waals surface area (Å²) in [6, 6.07) is 5.48. The Kier molecular flexibility index (Phi) is 6.50. The standard InChI is InChI=1S/C18H27ClFN/c1-3-11-21-18(14-8-5-7-13(4-2)12-14)15-9-6-10-16(19)17(15)20/h6,9-10,13-14,18,21H,3-5,7-8,11-12H2,1-2H3. The van der Waals surface area contributed by atoms with Crippen LogP contribution < -0.4 is 5.32 Å². The molecule has 1 aromatic rings. The number of benzene rings is 1. The third-order valence-corrected chi connectivity index (χ3v) is 5.09. The highest BCUT2D eigenvalue weighted by atomic mass is 35.5. The largest absolute Gasteiger partial charge is 0.310 e. The summed E-state index contributed by atoms with van der Waals surface area (Å²) in [5, 5.41) is 3.80. The van der Waals surface area contributed by atoms with E-state index in [1.807, 2.05) is 12.1 Å². The van der Waals surface area contributed by atoms with Crippen molar-refractivity contribution < 1.29 is 4.39 Å². The molecule has 1 saturated carbocycles. The second-order valence-corrected chi connectivity index (χ2v) is 6.68. The van der Waals surface area contributed by atoms with Gasteiger partial charge in [-0.05, 0) is 43.7 Å². The predicted molar refractivity (Wildman–Crippen MR) is 88.2 cm³/mol. The van der Waals surface area contributed by atoms with E-state index in [9.17, 15) is 4.39 Å². The number of rotatable bonds is 6. The average molecular weight is 312 g/mol.